The number of aromatic nitrogens is 2. The minimum Gasteiger partial charge on any atom is -0.339 e. The van der Waals surface area contributed by atoms with Crippen LogP contribution in [0, 0.1) is 5.92 Å². The number of hydrogen-bond donors (Lipinski definition) is 1. The van der Waals surface area contributed by atoms with Crippen LogP contribution in [0.4, 0.5) is 0 Å². The second-order valence-electron chi connectivity index (χ2n) is 7.99. The van der Waals surface area contributed by atoms with Crippen LogP contribution in [-0.4, -0.2) is 70.7 Å². The number of benzene rings is 1. The summed E-state index contributed by atoms with van der Waals surface area (Å²) in [6.45, 7) is 5.94. The molecular weight excluding hydrogens is 402 g/mol. The summed E-state index contributed by atoms with van der Waals surface area (Å²) in [6, 6.07) is 7.83. The van der Waals surface area contributed by atoms with Gasteiger partial charge in [-0.2, -0.15) is 5.10 Å². The summed E-state index contributed by atoms with van der Waals surface area (Å²) in [5.74, 6) is 0.328. The molecule has 3 heterocycles. The maximum atomic E-state index is 13.2. The van der Waals surface area contributed by atoms with Gasteiger partial charge in [0, 0.05) is 64.0 Å². The standard InChI is InChI=1S/C22H29N5O2.ClH/c1-3-16-4-6-17(7-5-16)21(28)26-8-10-27(11-9-26)22(29)20-14-23-13-19(20)18-12-24-25(2)15-18;/h4-7,12,15,19-20,23H,3,8-11,13-14H2,1-2H3;1H/t19-,20+;/m1./s1. The summed E-state index contributed by atoms with van der Waals surface area (Å²) in [6.07, 6.45) is 4.82. The molecular formula is C22H30ClN5O2. The van der Waals surface area contributed by atoms with E-state index in [2.05, 4.69) is 17.3 Å². The van der Waals surface area contributed by atoms with Crippen molar-refractivity contribution in [1.82, 2.24) is 24.9 Å². The van der Waals surface area contributed by atoms with Gasteiger partial charge in [-0.15, -0.1) is 12.4 Å². The molecule has 2 fully saturated rings. The molecule has 0 aliphatic carbocycles. The van der Waals surface area contributed by atoms with E-state index in [1.54, 1.807) is 4.68 Å². The summed E-state index contributed by atoms with van der Waals surface area (Å²) < 4.78 is 1.78. The molecule has 8 heteroatoms. The van der Waals surface area contributed by atoms with Crippen LogP contribution < -0.4 is 5.32 Å². The molecule has 162 valence electrons. The molecule has 7 nitrogen and oxygen atoms in total. The van der Waals surface area contributed by atoms with Crippen molar-refractivity contribution >= 4 is 24.2 Å². The SMILES string of the molecule is CCc1ccc(C(=O)N2CCN(C(=O)[C@H]3CNC[C@@H]3c3cnn(C)c3)CC2)cc1.Cl. The molecule has 2 saturated heterocycles. The van der Waals surface area contributed by atoms with Crippen molar-refractivity contribution in [3.05, 3.63) is 53.3 Å². The highest BCUT2D eigenvalue weighted by Crippen LogP contribution is 2.29. The number of halogens is 1. The van der Waals surface area contributed by atoms with Crippen LogP contribution in [0.5, 0.6) is 0 Å². The number of carbonyl (C=O) groups excluding carboxylic acids is 2. The Kier molecular flexibility index (Phi) is 7.15. The Hall–Kier alpha value is -2.38. The van der Waals surface area contributed by atoms with Gasteiger partial charge in [-0.1, -0.05) is 19.1 Å². The molecule has 1 aromatic heterocycles. The Balaban J connectivity index is 0.00000256. The molecule has 2 atom stereocenters. The molecule has 2 aliphatic heterocycles. The molecule has 1 aromatic carbocycles. The summed E-state index contributed by atoms with van der Waals surface area (Å²) in [5, 5.41) is 7.62. The van der Waals surface area contributed by atoms with Gasteiger partial charge in [-0.05, 0) is 29.7 Å². The molecule has 0 radical (unpaired) electrons. The highest BCUT2D eigenvalue weighted by atomic mass is 35.5. The van der Waals surface area contributed by atoms with Crippen molar-refractivity contribution in [2.24, 2.45) is 13.0 Å². The van der Waals surface area contributed by atoms with Crippen LogP contribution in [0.2, 0.25) is 0 Å². The normalized spacial score (nSPS) is 21.4. The van der Waals surface area contributed by atoms with Gasteiger partial charge in [0.2, 0.25) is 5.91 Å². The molecule has 30 heavy (non-hydrogen) atoms. The lowest BCUT2D eigenvalue weighted by Crippen LogP contribution is -2.52. The van der Waals surface area contributed by atoms with Crippen molar-refractivity contribution < 1.29 is 9.59 Å². The Labute approximate surface area is 183 Å². The lowest BCUT2D eigenvalue weighted by molar-refractivity contribution is -0.136. The van der Waals surface area contributed by atoms with Gasteiger partial charge < -0.3 is 15.1 Å². The summed E-state index contributed by atoms with van der Waals surface area (Å²) in [5.41, 5.74) is 3.06. The van der Waals surface area contributed by atoms with Gasteiger partial charge in [0.25, 0.3) is 5.91 Å². The third-order valence-corrected chi connectivity index (χ3v) is 6.17. The van der Waals surface area contributed by atoms with E-state index in [1.165, 1.54) is 5.56 Å². The van der Waals surface area contributed by atoms with Crippen LogP contribution in [0.25, 0.3) is 0 Å². The Morgan fingerprint density at radius 3 is 2.33 bits per heavy atom. The predicted octanol–water partition coefficient (Wildman–Crippen LogP) is 1.69. The second-order valence-corrected chi connectivity index (χ2v) is 7.99. The number of hydrogen-bond acceptors (Lipinski definition) is 4. The molecule has 2 aromatic rings. The Morgan fingerprint density at radius 2 is 1.73 bits per heavy atom. The van der Waals surface area contributed by atoms with Crippen molar-refractivity contribution in [1.29, 1.82) is 0 Å². The molecule has 0 bridgehead atoms. The zero-order valence-electron chi connectivity index (χ0n) is 17.6. The van der Waals surface area contributed by atoms with E-state index in [0.717, 1.165) is 24.1 Å². The summed E-state index contributed by atoms with van der Waals surface area (Å²) in [7, 11) is 1.90. The first-order valence-electron chi connectivity index (χ1n) is 10.4. The van der Waals surface area contributed by atoms with E-state index < -0.39 is 0 Å². The molecule has 2 amide bonds. The number of nitrogens with one attached hydrogen (secondary N) is 1. The number of piperazine rings is 1. The van der Waals surface area contributed by atoms with Crippen molar-refractivity contribution in [2.45, 2.75) is 19.3 Å². The van der Waals surface area contributed by atoms with Gasteiger partial charge in [0.1, 0.15) is 0 Å². The van der Waals surface area contributed by atoms with Crippen molar-refractivity contribution in [3.63, 3.8) is 0 Å². The minimum atomic E-state index is -0.0666. The lowest BCUT2D eigenvalue weighted by Gasteiger charge is -2.36. The van der Waals surface area contributed by atoms with Gasteiger partial charge >= 0.3 is 0 Å². The Morgan fingerprint density at radius 1 is 1.07 bits per heavy atom. The monoisotopic (exact) mass is 431 g/mol. The fourth-order valence-corrected chi connectivity index (χ4v) is 4.35. The smallest absolute Gasteiger partial charge is 0.253 e. The minimum absolute atomic E-state index is 0. The first kappa shape index (κ1) is 22.3. The maximum absolute atomic E-state index is 13.2. The van der Waals surface area contributed by atoms with Crippen LogP contribution in [0.1, 0.15) is 34.3 Å². The zero-order valence-corrected chi connectivity index (χ0v) is 18.4. The largest absolute Gasteiger partial charge is 0.339 e. The number of carbonyl (C=O) groups is 2. The topological polar surface area (TPSA) is 70.5 Å². The Bertz CT molecular complexity index is 874. The van der Waals surface area contributed by atoms with Crippen LogP contribution in [0.3, 0.4) is 0 Å². The zero-order chi connectivity index (χ0) is 20.4. The molecule has 4 rings (SSSR count). The quantitative estimate of drug-likeness (QED) is 0.799. The van der Waals surface area contributed by atoms with Crippen LogP contribution in [-0.2, 0) is 18.3 Å². The predicted molar refractivity (Wildman–Crippen MR) is 118 cm³/mol. The second kappa shape index (κ2) is 9.62. The van der Waals surface area contributed by atoms with Crippen molar-refractivity contribution in [3.8, 4) is 0 Å². The average Bonchev–Trinajstić information content (AvgIpc) is 3.42. The van der Waals surface area contributed by atoms with E-state index in [-0.39, 0.29) is 36.1 Å². The van der Waals surface area contributed by atoms with E-state index in [1.807, 2.05) is 53.5 Å². The van der Waals surface area contributed by atoms with Crippen LogP contribution >= 0.6 is 12.4 Å². The number of nitrogens with zero attached hydrogens (tertiary/aromatic N) is 4. The highest BCUT2D eigenvalue weighted by Gasteiger charge is 2.38. The molecule has 1 N–H and O–H groups in total. The third kappa shape index (κ3) is 4.52. The first-order valence-corrected chi connectivity index (χ1v) is 10.4. The van der Waals surface area contributed by atoms with E-state index >= 15 is 0 Å². The van der Waals surface area contributed by atoms with E-state index in [4.69, 9.17) is 0 Å². The fourth-order valence-electron chi connectivity index (χ4n) is 4.35. The van der Waals surface area contributed by atoms with Crippen molar-refractivity contribution in [2.75, 3.05) is 39.3 Å². The maximum Gasteiger partial charge on any atom is 0.253 e. The average molecular weight is 432 g/mol. The number of amides is 2. The molecule has 0 saturated carbocycles. The van der Waals surface area contributed by atoms with Gasteiger partial charge in [0.05, 0.1) is 12.1 Å². The molecule has 0 spiro atoms. The highest BCUT2D eigenvalue weighted by molar-refractivity contribution is 5.94. The molecule has 2 aliphatic rings. The first-order chi connectivity index (χ1) is 14.1. The fraction of sp³-hybridized carbons (Fsp3) is 0.500. The van der Waals surface area contributed by atoms with Crippen LogP contribution in [0.15, 0.2) is 36.7 Å². The molecule has 0 unspecified atom stereocenters. The third-order valence-electron chi connectivity index (χ3n) is 6.17. The summed E-state index contributed by atoms with van der Waals surface area (Å²) in [4.78, 5) is 29.7. The lowest BCUT2D eigenvalue weighted by atomic mass is 9.89. The van der Waals surface area contributed by atoms with E-state index in [9.17, 15) is 9.59 Å². The van der Waals surface area contributed by atoms with E-state index in [0.29, 0.717) is 32.7 Å². The number of aryl methyl sites for hydroxylation is 2. The van der Waals surface area contributed by atoms with Gasteiger partial charge in [-0.25, -0.2) is 0 Å². The van der Waals surface area contributed by atoms with Gasteiger partial charge in [0.15, 0.2) is 0 Å². The number of rotatable bonds is 4. The summed E-state index contributed by atoms with van der Waals surface area (Å²) >= 11 is 0. The van der Waals surface area contributed by atoms with Gasteiger partial charge in [-0.3, -0.25) is 14.3 Å².